The number of rotatable bonds is 6. The van der Waals surface area contributed by atoms with Crippen molar-refractivity contribution in [3.05, 3.63) is 0 Å². The Labute approximate surface area is 162 Å². The first-order valence-corrected chi connectivity index (χ1v) is 10.2. The molecule has 7 nitrogen and oxygen atoms in total. The van der Waals surface area contributed by atoms with Crippen molar-refractivity contribution in [2.45, 2.75) is 84.2 Å². The standard InChI is InChI=1S/C20H36N4O3/c1-6-19(7-2,13-21)22-15(25)12-24-16(26)20(23-17(24)27)10-8-14(9-11-20)18(3,4)5/h14H,6-13,21H2,1-5H3,(H,22,25)(H,23,27). The maximum absolute atomic E-state index is 13.0. The number of nitrogens with one attached hydrogen (secondary N) is 2. The second kappa shape index (κ2) is 7.78. The van der Waals surface area contributed by atoms with E-state index in [0.717, 1.165) is 17.7 Å². The van der Waals surface area contributed by atoms with E-state index in [0.29, 0.717) is 38.1 Å². The fraction of sp³-hybridized carbons (Fsp3) is 0.850. The van der Waals surface area contributed by atoms with Crippen LogP contribution in [0.5, 0.6) is 0 Å². The van der Waals surface area contributed by atoms with Gasteiger partial charge in [0.2, 0.25) is 5.91 Å². The zero-order valence-corrected chi connectivity index (χ0v) is 17.5. The van der Waals surface area contributed by atoms with Crippen LogP contribution in [0, 0.1) is 11.3 Å². The van der Waals surface area contributed by atoms with Gasteiger partial charge in [-0.1, -0.05) is 34.6 Å². The molecule has 2 rings (SSSR count). The highest BCUT2D eigenvalue weighted by molar-refractivity contribution is 6.09. The molecule has 4 N–H and O–H groups in total. The minimum Gasteiger partial charge on any atom is -0.348 e. The van der Waals surface area contributed by atoms with Crippen molar-refractivity contribution in [3.8, 4) is 0 Å². The molecule has 0 radical (unpaired) electrons. The molecule has 1 saturated heterocycles. The Bertz CT molecular complexity index is 576. The van der Waals surface area contributed by atoms with Gasteiger partial charge >= 0.3 is 6.03 Å². The summed E-state index contributed by atoms with van der Waals surface area (Å²) in [6.07, 6.45) is 4.46. The lowest BCUT2D eigenvalue weighted by molar-refractivity contribution is -0.136. The van der Waals surface area contributed by atoms with Gasteiger partial charge in [0, 0.05) is 6.54 Å². The Morgan fingerprint density at radius 2 is 1.78 bits per heavy atom. The third kappa shape index (κ3) is 4.28. The van der Waals surface area contributed by atoms with Crippen LogP contribution in [0.4, 0.5) is 4.79 Å². The summed E-state index contributed by atoms with van der Waals surface area (Å²) in [5.41, 5.74) is 4.70. The molecule has 1 heterocycles. The summed E-state index contributed by atoms with van der Waals surface area (Å²) in [6, 6.07) is -0.462. The van der Waals surface area contributed by atoms with Crippen LogP contribution >= 0.6 is 0 Å². The number of urea groups is 1. The second-order valence-electron chi connectivity index (χ2n) is 9.28. The molecule has 154 valence electrons. The van der Waals surface area contributed by atoms with Crippen LogP contribution in [0.2, 0.25) is 0 Å². The van der Waals surface area contributed by atoms with E-state index in [1.807, 2.05) is 13.8 Å². The molecule has 1 spiro atoms. The predicted molar refractivity (Wildman–Crippen MR) is 105 cm³/mol. The number of carbonyl (C=O) groups is 3. The molecule has 2 fully saturated rings. The van der Waals surface area contributed by atoms with Crippen molar-refractivity contribution in [2.75, 3.05) is 13.1 Å². The van der Waals surface area contributed by atoms with Gasteiger partial charge in [0.25, 0.3) is 5.91 Å². The number of imide groups is 1. The topological polar surface area (TPSA) is 105 Å². The lowest BCUT2D eigenvalue weighted by atomic mass is 9.67. The third-order valence-electron chi connectivity index (χ3n) is 6.76. The highest BCUT2D eigenvalue weighted by Crippen LogP contribution is 2.43. The predicted octanol–water partition coefficient (Wildman–Crippen LogP) is 2.15. The van der Waals surface area contributed by atoms with E-state index in [1.165, 1.54) is 0 Å². The van der Waals surface area contributed by atoms with E-state index in [2.05, 4.69) is 31.4 Å². The van der Waals surface area contributed by atoms with Gasteiger partial charge in [0.05, 0.1) is 5.54 Å². The van der Waals surface area contributed by atoms with Gasteiger partial charge in [-0.25, -0.2) is 4.79 Å². The van der Waals surface area contributed by atoms with Crippen LogP contribution in [0.25, 0.3) is 0 Å². The normalized spacial score (nSPS) is 26.4. The lowest BCUT2D eigenvalue weighted by Crippen LogP contribution is -2.56. The van der Waals surface area contributed by atoms with Crippen LogP contribution < -0.4 is 16.4 Å². The van der Waals surface area contributed by atoms with Crippen molar-refractivity contribution in [1.82, 2.24) is 15.5 Å². The summed E-state index contributed by atoms with van der Waals surface area (Å²) in [5, 5.41) is 5.81. The monoisotopic (exact) mass is 380 g/mol. The van der Waals surface area contributed by atoms with E-state index in [1.54, 1.807) is 0 Å². The minimum absolute atomic E-state index is 0.193. The Kier molecular flexibility index (Phi) is 6.24. The van der Waals surface area contributed by atoms with Gasteiger partial charge in [-0.3, -0.25) is 14.5 Å². The van der Waals surface area contributed by atoms with Gasteiger partial charge in [0.15, 0.2) is 0 Å². The molecule has 1 aliphatic carbocycles. The Hall–Kier alpha value is -1.63. The van der Waals surface area contributed by atoms with E-state index < -0.39 is 17.1 Å². The molecule has 1 aliphatic heterocycles. The number of hydrogen-bond acceptors (Lipinski definition) is 4. The second-order valence-corrected chi connectivity index (χ2v) is 9.28. The summed E-state index contributed by atoms with van der Waals surface area (Å²) in [5.74, 6) is -0.0705. The van der Waals surface area contributed by atoms with E-state index >= 15 is 0 Å². The van der Waals surface area contributed by atoms with Crippen LogP contribution in [-0.4, -0.2) is 46.9 Å². The summed E-state index contributed by atoms with van der Waals surface area (Å²) in [6.45, 7) is 10.6. The van der Waals surface area contributed by atoms with Gasteiger partial charge in [-0.15, -0.1) is 0 Å². The Balaban J connectivity index is 2.03. The molecular weight excluding hydrogens is 344 g/mol. The summed E-state index contributed by atoms with van der Waals surface area (Å²) >= 11 is 0. The molecule has 0 aromatic carbocycles. The largest absolute Gasteiger partial charge is 0.348 e. The minimum atomic E-state index is -0.834. The average molecular weight is 381 g/mol. The molecule has 1 saturated carbocycles. The maximum atomic E-state index is 13.0. The van der Waals surface area contributed by atoms with E-state index in [-0.39, 0.29) is 23.8 Å². The first-order chi connectivity index (χ1) is 12.5. The highest BCUT2D eigenvalue weighted by atomic mass is 16.2. The lowest BCUT2D eigenvalue weighted by Gasteiger charge is -2.40. The summed E-state index contributed by atoms with van der Waals surface area (Å²) in [4.78, 5) is 39.0. The smallest absolute Gasteiger partial charge is 0.325 e. The number of nitrogens with two attached hydrogens (primary N) is 1. The van der Waals surface area contributed by atoms with Crippen molar-refractivity contribution in [1.29, 1.82) is 0 Å². The number of amides is 4. The van der Waals surface area contributed by atoms with E-state index in [9.17, 15) is 14.4 Å². The van der Waals surface area contributed by atoms with Crippen molar-refractivity contribution < 1.29 is 14.4 Å². The molecule has 0 bridgehead atoms. The molecular formula is C20H36N4O3. The van der Waals surface area contributed by atoms with Crippen molar-refractivity contribution in [2.24, 2.45) is 17.1 Å². The Morgan fingerprint density at radius 1 is 1.22 bits per heavy atom. The van der Waals surface area contributed by atoms with Crippen molar-refractivity contribution >= 4 is 17.8 Å². The molecule has 27 heavy (non-hydrogen) atoms. The summed E-state index contributed by atoms with van der Waals surface area (Å²) < 4.78 is 0. The van der Waals surface area contributed by atoms with Gasteiger partial charge in [-0.05, 0) is 49.9 Å². The van der Waals surface area contributed by atoms with Gasteiger partial charge < -0.3 is 16.4 Å². The Morgan fingerprint density at radius 3 is 2.22 bits per heavy atom. The number of hydrogen-bond donors (Lipinski definition) is 3. The first kappa shape index (κ1) is 21.7. The average Bonchev–Trinajstić information content (AvgIpc) is 2.83. The van der Waals surface area contributed by atoms with Crippen LogP contribution in [-0.2, 0) is 9.59 Å². The fourth-order valence-corrected chi connectivity index (χ4v) is 4.38. The molecule has 0 atom stereocenters. The first-order valence-electron chi connectivity index (χ1n) is 10.2. The van der Waals surface area contributed by atoms with Crippen LogP contribution in [0.1, 0.15) is 73.1 Å². The van der Waals surface area contributed by atoms with Crippen molar-refractivity contribution in [3.63, 3.8) is 0 Å². The SMILES string of the molecule is CCC(CC)(CN)NC(=O)CN1C(=O)NC2(CCC(C(C)(C)C)CC2)C1=O. The van der Waals surface area contributed by atoms with Gasteiger partial charge in [0.1, 0.15) is 12.1 Å². The van der Waals surface area contributed by atoms with E-state index in [4.69, 9.17) is 5.73 Å². The summed E-state index contributed by atoms with van der Waals surface area (Å²) in [7, 11) is 0. The molecule has 2 aliphatic rings. The number of carbonyl (C=O) groups excluding carboxylic acids is 3. The van der Waals surface area contributed by atoms with Crippen LogP contribution in [0.15, 0.2) is 0 Å². The molecule has 0 unspecified atom stereocenters. The van der Waals surface area contributed by atoms with Crippen LogP contribution in [0.3, 0.4) is 0 Å². The maximum Gasteiger partial charge on any atom is 0.325 e. The third-order valence-corrected chi connectivity index (χ3v) is 6.76. The molecule has 0 aromatic rings. The molecule has 4 amide bonds. The van der Waals surface area contributed by atoms with Gasteiger partial charge in [-0.2, -0.15) is 0 Å². The molecule has 0 aromatic heterocycles. The zero-order chi connectivity index (χ0) is 20.5. The number of nitrogens with zero attached hydrogens (tertiary/aromatic N) is 1. The highest BCUT2D eigenvalue weighted by Gasteiger charge is 2.53. The quantitative estimate of drug-likeness (QED) is 0.614. The molecule has 7 heteroatoms. The zero-order valence-electron chi connectivity index (χ0n) is 17.5. The fourth-order valence-electron chi connectivity index (χ4n) is 4.38.